The zero-order valence-electron chi connectivity index (χ0n) is 13.4. The van der Waals surface area contributed by atoms with Gasteiger partial charge in [-0.3, -0.25) is 0 Å². The average Bonchev–Trinajstić information content (AvgIpc) is 3.00. The summed E-state index contributed by atoms with van der Waals surface area (Å²) in [6, 6.07) is 7.09. The van der Waals surface area contributed by atoms with Crippen molar-refractivity contribution >= 4 is 0 Å². The highest BCUT2D eigenvalue weighted by atomic mass is 16.5. The van der Waals surface area contributed by atoms with Gasteiger partial charge >= 0.3 is 0 Å². The molecule has 1 aliphatic carbocycles. The van der Waals surface area contributed by atoms with E-state index < -0.39 is 0 Å². The molecular formula is C18H28N2O. The third-order valence-electron chi connectivity index (χ3n) is 5.14. The van der Waals surface area contributed by atoms with Gasteiger partial charge < -0.3 is 15.0 Å². The van der Waals surface area contributed by atoms with Gasteiger partial charge in [0, 0.05) is 12.6 Å². The fourth-order valence-corrected chi connectivity index (χ4v) is 3.79. The van der Waals surface area contributed by atoms with Gasteiger partial charge in [-0.1, -0.05) is 13.0 Å². The molecule has 1 aromatic carbocycles. The van der Waals surface area contributed by atoms with Crippen LogP contribution >= 0.6 is 0 Å². The second kappa shape index (κ2) is 6.80. The van der Waals surface area contributed by atoms with Gasteiger partial charge in [0.15, 0.2) is 0 Å². The number of likely N-dealkylation sites (tertiary alicyclic amines) is 1. The third-order valence-corrected chi connectivity index (χ3v) is 5.14. The summed E-state index contributed by atoms with van der Waals surface area (Å²) in [5.41, 5.74) is 2.96. The molecule has 2 aliphatic rings. The number of nitrogens with one attached hydrogen (secondary N) is 1. The van der Waals surface area contributed by atoms with Crippen LogP contribution in [0.25, 0.3) is 0 Å². The summed E-state index contributed by atoms with van der Waals surface area (Å²) < 4.78 is 5.40. The van der Waals surface area contributed by atoms with Crippen LogP contribution in [0.1, 0.15) is 43.4 Å². The van der Waals surface area contributed by atoms with Gasteiger partial charge in [0.05, 0.1) is 7.11 Å². The van der Waals surface area contributed by atoms with Gasteiger partial charge in [0.2, 0.25) is 0 Å². The molecule has 2 unspecified atom stereocenters. The van der Waals surface area contributed by atoms with Crippen molar-refractivity contribution in [2.24, 2.45) is 5.92 Å². The Morgan fingerprint density at radius 1 is 1.33 bits per heavy atom. The quantitative estimate of drug-likeness (QED) is 0.901. The van der Waals surface area contributed by atoms with E-state index in [-0.39, 0.29) is 0 Å². The summed E-state index contributed by atoms with van der Waals surface area (Å²) in [5.74, 6) is 1.81. The molecule has 0 aromatic heterocycles. The molecule has 21 heavy (non-hydrogen) atoms. The molecule has 1 heterocycles. The van der Waals surface area contributed by atoms with E-state index >= 15 is 0 Å². The summed E-state index contributed by atoms with van der Waals surface area (Å²) in [4.78, 5) is 2.56. The zero-order chi connectivity index (χ0) is 14.7. The maximum atomic E-state index is 5.40. The molecule has 0 saturated carbocycles. The third kappa shape index (κ3) is 3.41. The lowest BCUT2D eigenvalue weighted by Crippen LogP contribution is -2.31. The smallest absolute Gasteiger partial charge is 0.119 e. The van der Waals surface area contributed by atoms with Crippen LogP contribution in [0.3, 0.4) is 0 Å². The predicted octanol–water partition coefficient (Wildman–Crippen LogP) is 3.00. The number of fused-ring (bicyclic) bond motifs is 1. The van der Waals surface area contributed by atoms with Gasteiger partial charge in [-0.15, -0.1) is 0 Å². The number of methoxy groups -OCH3 is 1. The van der Waals surface area contributed by atoms with Crippen LogP contribution < -0.4 is 10.1 Å². The largest absolute Gasteiger partial charge is 0.497 e. The van der Waals surface area contributed by atoms with Crippen LogP contribution in [0.2, 0.25) is 0 Å². The number of aryl methyl sites for hydroxylation is 1. The lowest BCUT2D eigenvalue weighted by atomic mass is 9.87. The molecular weight excluding hydrogens is 260 g/mol. The Hall–Kier alpha value is -1.06. The molecule has 3 nitrogen and oxygen atoms in total. The Bertz CT molecular complexity index is 474. The van der Waals surface area contributed by atoms with Crippen LogP contribution in [0.15, 0.2) is 18.2 Å². The fraction of sp³-hybridized carbons (Fsp3) is 0.667. The summed E-state index contributed by atoms with van der Waals surface area (Å²) in [6.07, 6.45) is 5.11. The highest BCUT2D eigenvalue weighted by Crippen LogP contribution is 2.32. The maximum absolute atomic E-state index is 5.40. The number of hydrogen-bond acceptors (Lipinski definition) is 3. The lowest BCUT2D eigenvalue weighted by Gasteiger charge is -2.28. The van der Waals surface area contributed by atoms with Gasteiger partial charge in [0.1, 0.15) is 5.75 Å². The Kier molecular flexibility index (Phi) is 4.81. The average molecular weight is 288 g/mol. The summed E-state index contributed by atoms with van der Waals surface area (Å²) in [5, 5.41) is 3.83. The molecule has 1 N–H and O–H groups in total. The Morgan fingerprint density at radius 3 is 3.00 bits per heavy atom. The first-order valence-electron chi connectivity index (χ1n) is 8.42. The Morgan fingerprint density at radius 2 is 2.24 bits per heavy atom. The predicted molar refractivity (Wildman–Crippen MR) is 86.9 cm³/mol. The van der Waals surface area contributed by atoms with Crippen molar-refractivity contribution in [3.63, 3.8) is 0 Å². The normalized spacial score (nSPS) is 25.8. The number of nitrogens with zero attached hydrogens (tertiary/aromatic N) is 1. The van der Waals surface area contributed by atoms with Gasteiger partial charge in [-0.25, -0.2) is 0 Å². The number of ether oxygens (including phenoxy) is 1. The van der Waals surface area contributed by atoms with Crippen LogP contribution in [0, 0.1) is 5.92 Å². The molecule has 1 saturated heterocycles. The van der Waals surface area contributed by atoms with E-state index in [1.165, 1.54) is 56.4 Å². The van der Waals surface area contributed by atoms with E-state index in [9.17, 15) is 0 Å². The monoisotopic (exact) mass is 288 g/mol. The fourth-order valence-electron chi connectivity index (χ4n) is 3.79. The standard InChI is InChI=1S/C18H28N2O/c1-3-20-10-9-14(13-20)12-19-18-6-4-5-15-7-8-16(21-2)11-17(15)18/h7-8,11,14,18-19H,3-6,9-10,12-13H2,1-2H3. The summed E-state index contributed by atoms with van der Waals surface area (Å²) in [6.45, 7) is 7.15. The Balaban J connectivity index is 1.62. The first-order chi connectivity index (χ1) is 10.3. The molecule has 1 aromatic rings. The molecule has 116 valence electrons. The van der Waals surface area contributed by atoms with Crippen molar-refractivity contribution in [1.82, 2.24) is 10.2 Å². The lowest BCUT2D eigenvalue weighted by molar-refractivity contribution is 0.331. The van der Waals surface area contributed by atoms with E-state index in [1.807, 2.05) is 0 Å². The van der Waals surface area contributed by atoms with Crippen molar-refractivity contribution in [2.75, 3.05) is 33.3 Å². The second-order valence-electron chi connectivity index (χ2n) is 6.47. The van der Waals surface area contributed by atoms with E-state index in [0.717, 1.165) is 18.2 Å². The summed E-state index contributed by atoms with van der Waals surface area (Å²) in [7, 11) is 1.75. The Labute approximate surface area is 128 Å². The van der Waals surface area contributed by atoms with Crippen LogP contribution in [-0.2, 0) is 6.42 Å². The minimum atomic E-state index is 0.513. The van der Waals surface area contributed by atoms with Crippen molar-refractivity contribution in [3.05, 3.63) is 29.3 Å². The van der Waals surface area contributed by atoms with Crippen molar-refractivity contribution in [3.8, 4) is 5.75 Å². The highest BCUT2D eigenvalue weighted by molar-refractivity contribution is 5.39. The molecule has 0 spiro atoms. The molecule has 0 amide bonds. The van der Waals surface area contributed by atoms with E-state index in [1.54, 1.807) is 7.11 Å². The number of hydrogen-bond donors (Lipinski definition) is 1. The van der Waals surface area contributed by atoms with Gasteiger partial charge in [0.25, 0.3) is 0 Å². The van der Waals surface area contributed by atoms with Crippen LogP contribution in [-0.4, -0.2) is 38.2 Å². The van der Waals surface area contributed by atoms with E-state index in [4.69, 9.17) is 4.74 Å². The first-order valence-corrected chi connectivity index (χ1v) is 8.42. The maximum Gasteiger partial charge on any atom is 0.119 e. The van der Waals surface area contributed by atoms with Crippen LogP contribution in [0.4, 0.5) is 0 Å². The number of benzene rings is 1. The molecule has 0 bridgehead atoms. The molecule has 1 aliphatic heterocycles. The second-order valence-corrected chi connectivity index (χ2v) is 6.47. The van der Waals surface area contributed by atoms with Crippen molar-refractivity contribution in [1.29, 1.82) is 0 Å². The van der Waals surface area contributed by atoms with E-state index in [0.29, 0.717) is 6.04 Å². The molecule has 2 atom stereocenters. The molecule has 3 heteroatoms. The molecule has 1 fully saturated rings. The number of rotatable bonds is 5. The van der Waals surface area contributed by atoms with Crippen LogP contribution in [0.5, 0.6) is 5.75 Å². The summed E-state index contributed by atoms with van der Waals surface area (Å²) >= 11 is 0. The minimum absolute atomic E-state index is 0.513. The van der Waals surface area contributed by atoms with Crippen molar-refractivity contribution in [2.45, 2.75) is 38.6 Å². The molecule has 0 radical (unpaired) electrons. The first kappa shape index (κ1) is 14.9. The van der Waals surface area contributed by atoms with Gasteiger partial charge in [-0.2, -0.15) is 0 Å². The highest BCUT2D eigenvalue weighted by Gasteiger charge is 2.24. The minimum Gasteiger partial charge on any atom is -0.497 e. The zero-order valence-corrected chi connectivity index (χ0v) is 13.4. The van der Waals surface area contributed by atoms with Gasteiger partial charge in [-0.05, 0) is 74.5 Å². The van der Waals surface area contributed by atoms with E-state index in [2.05, 4.69) is 35.3 Å². The topological polar surface area (TPSA) is 24.5 Å². The van der Waals surface area contributed by atoms with Crippen molar-refractivity contribution < 1.29 is 4.74 Å². The SMILES string of the molecule is CCN1CCC(CNC2CCCc3ccc(OC)cc32)C1. The molecule has 3 rings (SSSR count).